The van der Waals surface area contributed by atoms with E-state index in [1.54, 1.807) is 30.3 Å². The molecule has 4 rings (SSSR count). The maximum atomic E-state index is 12.8. The highest BCUT2D eigenvalue weighted by Crippen LogP contribution is 2.39. The number of carbonyl (C=O) groups is 2. The van der Waals surface area contributed by atoms with Gasteiger partial charge >= 0.3 is 0 Å². The molecule has 1 aromatic carbocycles. The van der Waals surface area contributed by atoms with E-state index >= 15 is 0 Å². The smallest absolute Gasteiger partial charge is 0.267 e. The molecule has 6 nitrogen and oxygen atoms in total. The number of hydrogen-bond donors (Lipinski definition) is 2. The molecule has 2 heterocycles. The van der Waals surface area contributed by atoms with Crippen molar-refractivity contribution in [1.29, 1.82) is 5.26 Å². The molecule has 9 heteroatoms. The van der Waals surface area contributed by atoms with Crippen LogP contribution in [-0.2, 0) is 17.6 Å². The van der Waals surface area contributed by atoms with Crippen molar-refractivity contribution in [3.63, 3.8) is 0 Å². The zero-order valence-corrected chi connectivity index (χ0v) is 19.9. The molecule has 2 aromatic heterocycles. The predicted molar refractivity (Wildman–Crippen MR) is 130 cm³/mol. The number of amides is 2. The molecular formula is C24H19Cl2N3O3S. The number of halogens is 2. The van der Waals surface area contributed by atoms with Gasteiger partial charge in [-0.2, -0.15) is 5.26 Å². The van der Waals surface area contributed by atoms with Crippen molar-refractivity contribution in [2.45, 2.75) is 26.2 Å². The van der Waals surface area contributed by atoms with E-state index in [1.807, 2.05) is 6.07 Å². The van der Waals surface area contributed by atoms with Crippen LogP contribution in [0.15, 0.2) is 40.3 Å². The lowest BCUT2D eigenvalue weighted by atomic mass is 9.88. The zero-order chi connectivity index (χ0) is 23.7. The molecule has 0 saturated heterocycles. The summed E-state index contributed by atoms with van der Waals surface area (Å²) in [6.07, 6.45) is 3.86. The van der Waals surface area contributed by atoms with E-state index in [0.29, 0.717) is 43.6 Å². The number of primary amides is 1. The molecule has 0 unspecified atom stereocenters. The van der Waals surface area contributed by atoms with Crippen LogP contribution in [0.5, 0.6) is 0 Å². The lowest BCUT2D eigenvalue weighted by Gasteiger charge is -2.18. The van der Waals surface area contributed by atoms with Gasteiger partial charge in [0.1, 0.15) is 28.2 Å². The highest BCUT2D eigenvalue weighted by Gasteiger charge is 2.27. The number of furan rings is 1. The first-order valence-corrected chi connectivity index (χ1v) is 11.8. The first-order chi connectivity index (χ1) is 15.8. The molecule has 0 radical (unpaired) electrons. The van der Waals surface area contributed by atoms with Gasteiger partial charge in [0, 0.05) is 21.5 Å². The number of nitrogens with one attached hydrogen (secondary N) is 1. The third-order valence-corrected chi connectivity index (χ3v) is 7.19. The van der Waals surface area contributed by atoms with Crippen molar-refractivity contribution in [2.75, 3.05) is 5.32 Å². The number of benzene rings is 1. The van der Waals surface area contributed by atoms with Crippen molar-refractivity contribution in [3.8, 4) is 17.4 Å². The second kappa shape index (κ2) is 9.44. The summed E-state index contributed by atoms with van der Waals surface area (Å²) in [5, 5.41) is 13.6. The Morgan fingerprint density at radius 2 is 2.09 bits per heavy atom. The van der Waals surface area contributed by atoms with Crippen molar-refractivity contribution in [3.05, 3.63) is 67.7 Å². The molecule has 0 fully saturated rings. The van der Waals surface area contributed by atoms with Gasteiger partial charge in [0.05, 0.1) is 10.6 Å². The monoisotopic (exact) mass is 499 g/mol. The second-order valence-electron chi connectivity index (χ2n) is 7.87. The van der Waals surface area contributed by atoms with Gasteiger partial charge in [-0.15, -0.1) is 11.3 Å². The van der Waals surface area contributed by atoms with E-state index in [-0.39, 0.29) is 5.57 Å². The second-order valence-corrected chi connectivity index (χ2v) is 9.82. The fourth-order valence-electron chi connectivity index (χ4n) is 3.82. The molecule has 33 heavy (non-hydrogen) atoms. The van der Waals surface area contributed by atoms with Gasteiger partial charge in [-0.25, -0.2) is 0 Å². The summed E-state index contributed by atoms with van der Waals surface area (Å²) in [5.41, 5.74) is 7.26. The molecule has 0 bridgehead atoms. The average Bonchev–Trinajstić information content (AvgIpc) is 3.37. The molecule has 1 aliphatic carbocycles. The van der Waals surface area contributed by atoms with Crippen LogP contribution in [0.3, 0.4) is 0 Å². The van der Waals surface area contributed by atoms with Crippen molar-refractivity contribution >= 4 is 57.4 Å². The molecule has 0 saturated carbocycles. The van der Waals surface area contributed by atoms with Crippen LogP contribution in [0.25, 0.3) is 17.4 Å². The van der Waals surface area contributed by atoms with Gasteiger partial charge in [-0.1, -0.05) is 30.1 Å². The standard InChI is InChI=1S/C24H19Cl2N3O3S/c1-12-2-5-16-20(8-12)33-24(21(16)22(28)30)29-23(31)13(11-27)9-15-4-7-19(32-15)17-10-14(25)3-6-18(17)26/h3-4,6-7,9-10,12H,2,5,8H2,1H3,(H2,28,30)(H,29,31)/b13-9+/t12-/m1/s1. The number of rotatable bonds is 5. The maximum Gasteiger partial charge on any atom is 0.267 e. The number of nitrogens with two attached hydrogens (primary N) is 1. The van der Waals surface area contributed by atoms with Crippen LogP contribution in [-0.4, -0.2) is 11.8 Å². The minimum absolute atomic E-state index is 0.178. The number of anilines is 1. The van der Waals surface area contributed by atoms with Gasteiger partial charge in [0.2, 0.25) is 0 Å². The highest BCUT2D eigenvalue weighted by atomic mass is 35.5. The van der Waals surface area contributed by atoms with Gasteiger partial charge < -0.3 is 15.5 Å². The molecule has 3 N–H and O–H groups in total. The van der Waals surface area contributed by atoms with Crippen LogP contribution < -0.4 is 11.1 Å². The summed E-state index contributed by atoms with van der Waals surface area (Å²) in [4.78, 5) is 26.0. The van der Waals surface area contributed by atoms with E-state index < -0.39 is 11.8 Å². The number of carbonyl (C=O) groups excluding carboxylic acids is 2. The highest BCUT2D eigenvalue weighted by molar-refractivity contribution is 7.17. The third-order valence-electron chi connectivity index (χ3n) is 5.46. The number of hydrogen-bond acceptors (Lipinski definition) is 5. The summed E-state index contributed by atoms with van der Waals surface area (Å²) in [6.45, 7) is 2.15. The summed E-state index contributed by atoms with van der Waals surface area (Å²) < 4.78 is 5.76. The quantitative estimate of drug-likeness (QED) is 0.327. The first kappa shape index (κ1) is 23.1. The van der Waals surface area contributed by atoms with Crippen molar-refractivity contribution in [1.82, 2.24) is 0 Å². The molecule has 168 valence electrons. The van der Waals surface area contributed by atoms with Crippen LogP contribution in [0.4, 0.5) is 5.00 Å². The zero-order valence-electron chi connectivity index (χ0n) is 17.6. The Morgan fingerprint density at radius 3 is 2.82 bits per heavy atom. The van der Waals surface area contributed by atoms with E-state index in [0.717, 1.165) is 29.7 Å². The van der Waals surface area contributed by atoms with E-state index in [9.17, 15) is 14.9 Å². The van der Waals surface area contributed by atoms with Gasteiger partial charge in [-0.05, 0) is 61.1 Å². The minimum atomic E-state index is -0.648. The topological polar surface area (TPSA) is 109 Å². The summed E-state index contributed by atoms with van der Waals surface area (Å²) >= 11 is 13.6. The van der Waals surface area contributed by atoms with E-state index in [1.165, 1.54) is 17.4 Å². The van der Waals surface area contributed by atoms with E-state index in [4.69, 9.17) is 33.4 Å². The normalized spacial score (nSPS) is 15.6. The number of fused-ring (bicyclic) bond motifs is 1. The molecule has 1 aliphatic rings. The number of nitrogens with zero attached hydrogens (tertiary/aromatic N) is 1. The molecule has 2 amide bonds. The SMILES string of the molecule is C[C@@H]1CCc2c(sc(NC(=O)/C(C#N)=C/c3ccc(-c4cc(Cl)ccc4Cl)o3)c2C(N)=O)C1. The van der Waals surface area contributed by atoms with Crippen LogP contribution >= 0.6 is 34.5 Å². The fourth-order valence-corrected chi connectivity index (χ4v) is 5.62. The lowest BCUT2D eigenvalue weighted by Crippen LogP contribution is -2.19. The van der Waals surface area contributed by atoms with Crippen molar-refractivity contribution < 1.29 is 14.0 Å². The maximum absolute atomic E-state index is 12.8. The van der Waals surface area contributed by atoms with Gasteiger partial charge in [-0.3, -0.25) is 9.59 Å². The summed E-state index contributed by atoms with van der Waals surface area (Å²) in [6, 6.07) is 10.2. The van der Waals surface area contributed by atoms with Crippen molar-refractivity contribution in [2.24, 2.45) is 11.7 Å². The number of thiophene rings is 1. The van der Waals surface area contributed by atoms with E-state index in [2.05, 4.69) is 12.2 Å². The van der Waals surface area contributed by atoms with Gasteiger partial charge in [0.25, 0.3) is 11.8 Å². The largest absolute Gasteiger partial charge is 0.457 e. The summed E-state index contributed by atoms with van der Waals surface area (Å²) in [7, 11) is 0. The molecule has 3 aromatic rings. The Balaban J connectivity index is 1.60. The number of nitriles is 1. The summed E-state index contributed by atoms with van der Waals surface area (Å²) in [5.74, 6) is 0.000113. The Morgan fingerprint density at radius 1 is 1.30 bits per heavy atom. The molecule has 0 spiro atoms. The predicted octanol–water partition coefficient (Wildman–Crippen LogP) is 6.08. The Labute approximate surface area is 204 Å². The Kier molecular flexibility index (Phi) is 6.61. The van der Waals surface area contributed by atoms with Crippen LogP contribution in [0, 0.1) is 17.2 Å². The molecular weight excluding hydrogens is 481 g/mol. The molecule has 1 atom stereocenters. The first-order valence-electron chi connectivity index (χ1n) is 10.2. The van der Waals surface area contributed by atoms with Gasteiger partial charge in [0.15, 0.2) is 0 Å². The third kappa shape index (κ3) is 4.83. The van der Waals surface area contributed by atoms with Crippen LogP contribution in [0.1, 0.15) is 39.9 Å². The fraction of sp³-hybridized carbons (Fsp3) is 0.208. The Hall–Kier alpha value is -3.05. The van der Waals surface area contributed by atoms with Crippen LogP contribution in [0.2, 0.25) is 10.0 Å². The Bertz CT molecular complexity index is 1330. The average molecular weight is 500 g/mol. The minimum Gasteiger partial charge on any atom is -0.457 e. The lowest BCUT2D eigenvalue weighted by molar-refractivity contribution is -0.112. The molecule has 0 aliphatic heterocycles.